The molecule has 0 bridgehead atoms. The number of aryl methyl sites for hydroxylation is 1. The van der Waals surface area contributed by atoms with Gasteiger partial charge in [0.25, 0.3) is 5.91 Å². The van der Waals surface area contributed by atoms with E-state index in [1.54, 1.807) is 0 Å². The van der Waals surface area contributed by atoms with Crippen molar-refractivity contribution in [2.75, 3.05) is 19.8 Å². The summed E-state index contributed by atoms with van der Waals surface area (Å²) < 4.78 is 5.51. The lowest BCUT2D eigenvalue weighted by atomic mass is 9.91. The third kappa shape index (κ3) is 2.84. The van der Waals surface area contributed by atoms with Gasteiger partial charge in [0.05, 0.1) is 12.0 Å². The highest BCUT2D eigenvalue weighted by Crippen LogP contribution is 2.35. The Kier molecular flexibility index (Phi) is 4.27. The lowest BCUT2D eigenvalue weighted by Crippen LogP contribution is -2.23. The zero-order valence-electron chi connectivity index (χ0n) is 11.5. The minimum absolute atomic E-state index is 0.0307. The van der Waals surface area contributed by atoms with E-state index in [2.05, 4.69) is 17.4 Å². The van der Waals surface area contributed by atoms with Gasteiger partial charge in [-0.2, -0.15) is 0 Å². The summed E-state index contributed by atoms with van der Waals surface area (Å²) in [7, 11) is 0. The summed E-state index contributed by atoms with van der Waals surface area (Å²) in [6, 6.07) is 6.11. The van der Waals surface area contributed by atoms with E-state index >= 15 is 0 Å². The van der Waals surface area contributed by atoms with Crippen molar-refractivity contribution in [1.29, 1.82) is 0 Å². The number of amides is 1. The first-order valence-corrected chi connectivity index (χ1v) is 7.82. The second-order valence-electron chi connectivity index (χ2n) is 5.66. The topological polar surface area (TPSA) is 38.3 Å². The van der Waals surface area contributed by atoms with E-state index < -0.39 is 0 Å². The van der Waals surface area contributed by atoms with Crippen molar-refractivity contribution in [1.82, 2.24) is 5.32 Å². The molecule has 0 aromatic heterocycles. The summed E-state index contributed by atoms with van der Waals surface area (Å²) >= 11 is 6.60. The minimum atomic E-state index is -0.0725. The molecule has 1 N–H and O–H groups in total. The van der Waals surface area contributed by atoms with Crippen LogP contribution in [0.4, 0.5) is 0 Å². The van der Waals surface area contributed by atoms with E-state index in [9.17, 15) is 4.79 Å². The van der Waals surface area contributed by atoms with E-state index in [0.717, 1.165) is 62.1 Å². The second-order valence-corrected chi connectivity index (χ2v) is 6.13. The molecule has 0 radical (unpaired) electrons. The fourth-order valence-electron chi connectivity index (χ4n) is 3.04. The largest absolute Gasteiger partial charge is 0.381 e. The molecule has 2 aliphatic heterocycles. The summed E-state index contributed by atoms with van der Waals surface area (Å²) in [5, 5.41) is 2.87. The van der Waals surface area contributed by atoms with Crippen LogP contribution in [0.3, 0.4) is 0 Å². The highest BCUT2D eigenvalue weighted by atomic mass is 35.5. The third-order valence-corrected chi connectivity index (χ3v) is 4.82. The average Bonchev–Trinajstić information content (AvgIpc) is 2.69. The molecule has 1 fully saturated rings. The molecule has 20 heavy (non-hydrogen) atoms. The first kappa shape index (κ1) is 13.9. The predicted octanol–water partition coefficient (Wildman–Crippen LogP) is 3.07. The van der Waals surface area contributed by atoms with Gasteiger partial charge in [0, 0.05) is 24.6 Å². The van der Waals surface area contributed by atoms with Crippen molar-refractivity contribution in [3.05, 3.63) is 34.9 Å². The Morgan fingerprint density at radius 1 is 1.35 bits per heavy atom. The SMILES string of the molecule is O=C1NCCCc2ccc(C(Cl)C3CCCOC3)cc21. The van der Waals surface area contributed by atoms with Crippen molar-refractivity contribution in [2.24, 2.45) is 5.92 Å². The number of alkyl halides is 1. The molecule has 108 valence electrons. The smallest absolute Gasteiger partial charge is 0.251 e. The van der Waals surface area contributed by atoms with Crippen LogP contribution in [0, 0.1) is 5.92 Å². The van der Waals surface area contributed by atoms with Gasteiger partial charge in [-0.3, -0.25) is 4.79 Å². The molecular weight excluding hydrogens is 274 g/mol. The molecule has 0 aliphatic carbocycles. The van der Waals surface area contributed by atoms with Crippen LogP contribution in [0.2, 0.25) is 0 Å². The van der Waals surface area contributed by atoms with Crippen molar-refractivity contribution in [2.45, 2.75) is 31.1 Å². The molecule has 0 spiro atoms. The Bertz CT molecular complexity index is 497. The monoisotopic (exact) mass is 293 g/mol. The molecule has 1 amide bonds. The molecule has 1 aromatic rings. The Hall–Kier alpha value is -1.06. The number of fused-ring (bicyclic) bond motifs is 1. The fourth-order valence-corrected chi connectivity index (χ4v) is 3.37. The van der Waals surface area contributed by atoms with Gasteiger partial charge < -0.3 is 10.1 Å². The van der Waals surface area contributed by atoms with Crippen LogP contribution in [0.5, 0.6) is 0 Å². The molecule has 1 saturated heterocycles. The van der Waals surface area contributed by atoms with Crippen LogP contribution in [0.1, 0.15) is 46.1 Å². The number of hydrogen-bond donors (Lipinski definition) is 1. The molecule has 3 nitrogen and oxygen atoms in total. The van der Waals surface area contributed by atoms with Crippen LogP contribution in [-0.2, 0) is 11.2 Å². The van der Waals surface area contributed by atoms with Gasteiger partial charge in [0.15, 0.2) is 0 Å². The number of halogens is 1. The minimum Gasteiger partial charge on any atom is -0.381 e. The van der Waals surface area contributed by atoms with Crippen molar-refractivity contribution >= 4 is 17.5 Å². The van der Waals surface area contributed by atoms with Gasteiger partial charge in [-0.25, -0.2) is 0 Å². The van der Waals surface area contributed by atoms with Crippen LogP contribution >= 0.6 is 11.6 Å². The number of ether oxygens (including phenoxy) is 1. The Morgan fingerprint density at radius 2 is 2.25 bits per heavy atom. The quantitative estimate of drug-likeness (QED) is 0.851. The molecule has 2 heterocycles. The van der Waals surface area contributed by atoms with Crippen LogP contribution in [0.25, 0.3) is 0 Å². The maximum atomic E-state index is 12.1. The van der Waals surface area contributed by atoms with Gasteiger partial charge >= 0.3 is 0 Å². The third-order valence-electron chi connectivity index (χ3n) is 4.21. The molecule has 4 heteroatoms. The maximum Gasteiger partial charge on any atom is 0.251 e. The molecular formula is C16H20ClNO2. The lowest BCUT2D eigenvalue weighted by Gasteiger charge is -2.26. The highest BCUT2D eigenvalue weighted by molar-refractivity contribution is 6.21. The van der Waals surface area contributed by atoms with Crippen molar-refractivity contribution in [3.8, 4) is 0 Å². The number of benzene rings is 1. The zero-order chi connectivity index (χ0) is 13.9. The van der Waals surface area contributed by atoms with Gasteiger partial charge in [-0.1, -0.05) is 12.1 Å². The number of carbonyl (C=O) groups excluding carboxylic acids is 1. The first-order chi connectivity index (χ1) is 9.75. The fraction of sp³-hybridized carbons (Fsp3) is 0.562. The highest BCUT2D eigenvalue weighted by Gasteiger charge is 2.25. The van der Waals surface area contributed by atoms with Crippen molar-refractivity contribution < 1.29 is 9.53 Å². The van der Waals surface area contributed by atoms with Gasteiger partial charge in [-0.05, 0) is 42.9 Å². The van der Waals surface area contributed by atoms with Gasteiger partial charge in [-0.15, -0.1) is 11.6 Å². The Balaban J connectivity index is 1.85. The molecule has 1 aromatic carbocycles. The summed E-state index contributed by atoms with van der Waals surface area (Å²) in [6.07, 6.45) is 4.11. The van der Waals surface area contributed by atoms with Crippen LogP contribution in [0.15, 0.2) is 18.2 Å². The van der Waals surface area contributed by atoms with E-state index in [1.165, 1.54) is 0 Å². The number of rotatable bonds is 2. The standard InChI is InChI=1S/C16H20ClNO2/c17-15(13-4-2-8-20-10-13)12-6-5-11-3-1-7-18-16(19)14(11)9-12/h5-6,9,13,15H,1-4,7-8,10H2,(H,18,19). The summed E-state index contributed by atoms with van der Waals surface area (Å²) in [5.74, 6) is 0.375. The molecule has 2 aliphatic rings. The van der Waals surface area contributed by atoms with Gasteiger partial charge in [0.2, 0.25) is 0 Å². The van der Waals surface area contributed by atoms with Crippen LogP contribution < -0.4 is 5.32 Å². The second kappa shape index (κ2) is 6.15. The zero-order valence-corrected chi connectivity index (χ0v) is 12.3. The molecule has 3 rings (SSSR count). The normalized spacial score (nSPS) is 24.4. The average molecular weight is 294 g/mol. The predicted molar refractivity (Wildman–Crippen MR) is 79.2 cm³/mol. The van der Waals surface area contributed by atoms with E-state index in [0.29, 0.717) is 5.92 Å². The van der Waals surface area contributed by atoms with Crippen LogP contribution in [-0.4, -0.2) is 25.7 Å². The molecule has 2 unspecified atom stereocenters. The van der Waals surface area contributed by atoms with Gasteiger partial charge in [0.1, 0.15) is 0 Å². The summed E-state index contributed by atoms with van der Waals surface area (Å²) in [6.45, 7) is 2.31. The van der Waals surface area contributed by atoms with E-state index in [-0.39, 0.29) is 11.3 Å². The van der Waals surface area contributed by atoms with E-state index in [1.807, 2.05) is 6.07 Å². The first-order valence-electron chi connectivity index (χ1n) is 7.38. The van der Waals surface area contributed by atoms with Crippen molar-refractivity contribution in [3.63, 3.8) is 0 Å². The van der Waals surface area contributed by atoms with E-state index in [4.69, 9.17) is 16.3 Å². The Labute approximate surface area is 124 Å². The maximum absolute atomic E-state index is 12.1. The summed E-state index contributed by atoms with van der Waals surface area (Å²) in [5.41, 5.74) is 2.97. The molecule has 0 saturated carbocycles. The lowest BCUT2D eigenvalue weighted by molar-refractivity contribution is 0.0531. The molecule has 2 atom stereocenters. The number of hydrogen-bond acceptors (Lipinski definition) is 2. The number of carbonyl (C=O) groups is 1. The number of nitrogens with one attached hydrogen (secondary N) is 1. The Morgan fingerprint density at radius 3 is 3.05 bits per heavy atom. The summed E-state index contributed by atoms with van der Waals surface area (Å²) in [4.78, 5) is 12.1.